The largest absolute Gasteiger partial charge is 0.496 e. The van der Waals surface area contributed by atoms with Gasteiger partial charge in [-0.15, -0.1) is 0 Å². The lowest BCUT2D eigenvalue weighted by Crippen LogP contribution is -2.31. The molecule has 18 heavy (non-hydrogen) atoms. The van der Waals surface area contributed by atoms with Gasteiger partial charge in [-0.25, -0.2) is 0 Å². The fraction of sp³-hybridized carbons (Fsp3) is 0.600. The predicted octanol–water partition coefficient (Wildman–Crippen LogP) is 2.32. The Labute approximate surface area is 111 Å². The van der Waals surface area contributed by atoms with Crippen LogP contribution in [0.15, 0.2) is 18.2 Å². The van der Waals surface area contributed by atoms with Gasteiger partial charge in [-0.1, -0.05) is 26.0 Å². The first kappa shape index (κ1) is 15.0. The summed E-state index contributed by atoms with van der Waals surface area (Å²) in [5.74, 6) is 2.12. The Balaban J connectivity index is 2.46. The van der Waals surface area contributed by atoms with Gasteiger partial charge < -0.3 is 15.8 Å². The van der Waals surface area contributed by atoms with Crippen molar-refractivity contribution in [3.8, 4) is 5.75 Å². The summed E-state index contributed by atoms with van der Waals surface area (Å²) in [6.07, 6.45) is 0. The Hall–Kier alpha value is -1.06. The van der Waals surface area contributed by atoms with E-state index in [1.54, 1.807) is 7.11 Å². The third kappa shape index (κ3) is 4.31. The van der Waals surface area contributed by atoms with E-state index in [9.17, 15) is 0 Å². The first-order valence-electron chi connectivity index (χ1n) is 6.62. The van der Waals surface area contributed by atoms with Gasteiger partial charge in [-0.05, 0) is 49.0 Å². The predicted molar refractivity (Wildman–Crippen MR) is 76.8 cm³/mol. The normalized spacial score (nSPS) is 12.8. The molecule has 0 aliphatic rings. The SMILES string of the molecule is COc1ccc(CNCC(CN)C(C)C)cc1C. The second-order valence-electron chi connectivity index (χ2n) is 5.17. The van der Waals surface area contributed by atoms with Crippen molar-refractivity contribution in [2.75, 3.05) is 20.2 Å². The van der Waals surface area contributed by atoms with Crippen molar-refractivity contribution >= 4 is 0 Å². The number of rotatable bonds is 7. The number of hydrogen-bond acceptors (Lipinski definition) is 3. The molecule has 0 aliphatic carbocycles. The van der Waals surface area contributed by atoms with Gasteiger partial charge in [0.25, 0.3) is 0 Å². The maximum absolute atomic E-state index is 5.76. The van der Waals surface area contributed by atoms with Gasteiger partial charge in [-0.2, -0.15) is 0 Å². The van der Waals surface area contributed by atoms with Crippen molar-refractivity contribution in [3.63, 3.8) is 0 Å². The van der Waals surface area contributed by atoms with Crippen LogP contribution in [0.4, 0.5) is 0 Å². The van der Waals surface area contributed by atoms with Gasteiger partial charge in [-0.3, -0.25) is 0 Å². The molecule has 0 bridgehead atoms. The topological polar surface area (TPSA) is 47.3 Å². The Morgan fingerprint density at radius 3 is 2.56 bits per heavy atom. The summed E-state index contributed by atoms with van der Waals surface area (Å²) in [6.45, 7) is 9.10. The lowest BCUT2D eigenvalue weighted by Gasteiger charge is -2.19. The van der Waals surface area contributed by atoms with E-state index in [2.05, 4.69) is 38.2 Å². The van der Waals surface area contributed by atoms with Crippen LogP contribution in [0.25, 0.3) is 0 Å². The van der Waals surface area contributed by atoms with Crippen LogP contribution in [0.3, 0.4) is 0 Å². The summed E-state index contributed by atoms with van der Waals surface area (Å²) in [4.78, 5) is 0. The van der Waals surface area contributed by atoms with Gasteiger partial charge in [0.15, 0.2) is 0 Å². The van der Waals surface area contributed by atoms with Crippen molar-refractivity contribution in [3.05, 3.63) is 29.3 Å². The number of nitrogens with two attached hydrogens (primary N) is 1. The molecule has 0 saturated heterocycles. The van der Waals surface area contributed by atoms with E-state index < -0.39 is 0 Å². The number of ether oxygens (including phenoxy) is 1. The number of aryl methyl sites for hydroxylation is 1. The fourth-order valence-corrected chi connectivity index (χ4v) is 2.04. The molecular weight excluding hydrogens is 224 g/mol. The molecule has 1 aromatic rings. The summed E-state index contributed by atoms with van der Waals surface area (Å²) in [7, 11) is 1.70. The van der Waals surface area contributed by atoms with Crippen LogP contribution in [0.2, 0.25) is 0 Å². The fourth-order valence-electron chi connectivity index (χ4n) is 2.04. The molecule has 0 aliphatic heterocycles. The molecule has 1 atom stereocenters. The van der Waals surface area contributed by atoms with Crippen LogP contribution < -0.4 is 15.8 Å². The van der Waals surface area contributed by atoms with Crippen LogP contribution in [0.5, 0.6) is 5.75 Å². The molecule has 0 fully saturated rings. The molecule has 3 heteroatoms. The molecular formula is C15H26N2O. The minimum atomic E-state index is 0.546. The van der Waals surface area contributed by atoms with Crippen molar-refractivity contribution < 1.29 is 4.74 Å². The summed E-state index contributed by atoms with van der Waals surface area (Å²) < 4.78 is 5.25. The quantitative estimate of drug-likeness (QED) is 0.781. The van der Waals surface area contributed by atoms with Gasteiger partial charge >= 0.3 is 0 Å². The third-order valence-corrected chi connectivity index (χ3v) is 3.44. The standard InChI is InChI=1S/C15H26N2O/c1-11(2)14(8-16)10-17-9-13-5-6-15(18-4)12(3)7-13/h5-7,11,14,17H,8-10,16H2,1-4H3. The summed E-state index contributed by atoms with van der Waals surface area (Å²) in [6, 6.07) is 6.29. The number of nitrogens with one attached hydrogen (secondary N) is 1. The van der Waals surface area contributed by atoms with Gasteiger partial charge in [0.1, 0.15) is 5.75 Å². The maximum Gasteiger partial charge on any atom is 0.121 e. The summed E-state index contributed by atoms with van der Waals surface area (Å²) in [5, 5.41) is 3.48. The van der Waals surface area contributed by atoms with E-state index in [1.807, 2.05) is 6.07 Å². The highest BCUT2D eigenvalue weighted by Gasteiger charge is 2.10. The molecule has 0 saturated carbocycles. The smallest absolute Gasteiger partial charge is 0.121 e. The highest BCUT2D eigenvalue weighted by molar-refractivity contribution is 5.36. The summed E-state index contributed by atoms with van der Waals surface area (Å²) in [5.41, 5.74) is 8.22. The van der Waals surface area contributed by atoms with Crippen LogP contribution >= 0.6 is 0 Å². The van der Waals surface area contributed by atoms with E-state index in [0.717, 1.165) is 25.4 Å². The molecule has 1 aromatic carbocycles. The van der Waals surface area contributed by atoms with E-state index in [0.29, 0.717) is 11.8 Å². The second-order valence-corrected chi connectivity index (χ2v) is 5.17. The molecule has 0 aromatic heterocycles. The highest BCUT2D eigenvalue weighted by Crippen LogP contribution is 2.18. The van der Waals surface area contributed by atoms with Gasteiger partial charge in [0, 0.05) is 6.54 Å². The molecule has 0 amide bonds. The van der Waals surface area contributed by atoms with Crippen LogP contribution in [0, 0.1) is 18.8 Å². The zero-order valence-electron chi connectivity index (χ0n) is 12.0. The monoisotopic (exact) mass is 250 g/mol. The van der Waals surface area contributed by atoms with Crippen LogP contribution in [0.1, 0.15) is 25.0 Å². The number of hydrogen-bond donors (Lipinski definition) is 2. The third-order valence-electron chi connectivity index (χ3n) is 3.44. The maximum atomic E-state index is 5.76. The van der Waals surface area contributed by atoms with Crippen molar-refractivity contribution in [1.82, 2.24) is 5.32 Å². The van der Waals surface area contributed by atoms with Gasteiger partial charge in [0.2, 0.25) is 0 Å². The molecule has 0 radical (unpaired) electrons. The lowest BCUT2D eigenvalue weighted by atomic mass is 9.96. The van der Waals surface area contributed by atoms with Crippen LogP contribution in [-0.4, -0.2) is 20.2 Å². The Kier molecular flexibility index (Phi) is 6.16. The minimum absolute atomic E-state index is 0.546. The highest BCUT2D eigenvalue weighted by atomic mass is 16.5. The van der Waals surface area contributed by atoms with E-state index in [-0.39, 0.29) is 0 Å². The molecule has 102 valence electrons. The Morgan fingerprint density at radius 2 is 2.06 bits per heavy atom. The molecule has 0 heterocycles. The Bertz CT molecular complexity index is 364. The zero-order chi connectivity index (χ0) is 13.5. The Morgan fingerprint density at radius 1 is 1.33 bits per heavy atom. The first-order chi connectivity index (χ1) is 8.58. The number of benzene rings is 1. The van der Waals surface area contributed by atoms with Crippen molar-refractivity contribution in [2.45, 2.75) is 27.3 Å². The van der Waals surface area contributed by atoms with E-state index in [1.165, 1.54) is 11.1 Å². The van der Waals surface area contributed by atoms with E-state index >= 15 is 0 Å². The zero-order valence-corrected chi connectivity index (χ0v) is 12.0. The van der Waals surface area contributed by atoms with Gasteiger partial charge in [0.05, 0.1) is 7.11 Å². The first-order valence-corrected chi connectivity index (χ1v) is 6.62. The molecule has 1 unspecified atom stereocenters. The molecule has 1 rings (SSSR count). The van der Waals surface area contributed by atoms with Crippen LogP contribution in [-0.2, 0) is 6.54 Å². The molecule has 0 spiro atoms. The lowest BCUT2D eigenvalue weighted by molar-refractivity contribution is 0.370. The minimum Gasteiger partial charge on any atom is -0.496 e. The molecule has 3 nitrogen and oxygen atoms in total. The van der Waals surface area contributed by atoms with E-state index in [4.69, 9.17) is 10.5 Å². The van der Waals surface area contributed by atoms with Crippen molar-refractivity contribution in [1.29, 1.82) is 0 Å². The molecule has 3 N–H and O–H groups in total. The average Bonchev–Trinajstić information content (AvgIpc) is 2.34. The summed E-state index contributed by atoms with van der Waals surface area (Å²) >= 11 is 0. The average molecular weight is 250 g/mol. The number of methoxy groups -OCH3 is 1. The van der Waals surface area contributed by atoms with Crippen molar-refractivity contribution in [2.24, 2.45) is 17.6 Å². The second kappa shape index (κ2) is 7.39.